The van der Waals surface area contributed by atoms with Gasteiger partial charge in [0.2, 0.25) is 0 Å². The van der Waals surface area contributed by atoms with E-state index in [9.17, 15) is 0 Å². The normalized spacial score (nSPS) is 25.6. The van der Waals surface area contributed by atoms with Crippen molar-refractivity contribution in [1.29, 1.82) is 0 Å². The maximum Gasteiger partial charge on any atom is 0.126 e. The van der Waals surface area contributed by atoms with E-state index in [-0.39, 0.29) is 0 Å². The van der Waals surface area contributed by atoms with E-state index in [1.807, 2.05) is 6.07 Å². The molecule has 0 spiro atoms. The van der Waals surface area contributed by atoms with Crippen molar-refractivity contribution in [2.24, 2.45) is 5.92 Å². The molecule has 3 nitrogen and oxygen atoms in total. The van der Waals surface area contributed by atoms with E-state index in [0.29, 0.717) is 5.92 Å². The molecule has 1 aromatic carbocycles. The van der Waals surface area contributed by atoms with Crippen molar-refractivity contribution in [2.75, 3.05) is 20.8 Å². The number of ether oxygens (including phenoxy) is 2. The summed E-state index contributed by atoms with van der Waals surface area (Å²) in [6.45, 7) is 1.16. The minimum Gasteiger partial charge on any atom is -0.497 e. The SMILES string of the molecule is COc1ccc(C2CCCCC2CNC2CC2)c(OC)c1. The van der Waals surface area contributed by atoms with Gasteiger partial charge in [0.1, 0.15) is 11.5 Å². The molecule has 3 heteroatoms. The molecule has 0 aromatic heterocycles. The van der Waals surface area contributed by atoms with Crippen LogP contribution in [0.1, 0.15) is 50.0 Å². The Labute approximate surface area is 128 Å². The number of rotatable bonds is 6. The molecule has 1 N–H and O–H groups in total. The lowest BCUT2D eigenvalue weighted by atomic mass is 9.75. The van der Waals surface area contributed by atoms with Gasteiger partial charge in [0.25, 0.3) is 0 Å². The smallest absolute Gasteiger partial charge is 0.126 e. The van der Waals surface area contributed by atoms with Gasteiger partial charge < -0.3 is 14.8 Å². The van der Waals surface area contributed by atoms with Crippen molar-refractivity contribution >= 4 is 0 Å². The van der Waals surface area contributed by atoms with Gasteiger partial charge in [-0.25, -0.2) is 0 Å². The van der Waals surface area contributed by atoms with Crippen LogP contribution in [0, 0.1) is 5.92 Å². The summed E-state index contributed by atoms with van der Waals surface area (Å²) in [6.07, 6.45) is 8.04. The van der Waals surface area contributed by atoms with E-state index < -0.39 is 0 Å². The Morgan fingerprint density at radius 3 is 2.57 bits per heavy atom. The molecule has 0 amide bonds. The highest BCUT2D eigenvalue weighted by Gasteiger charge is 2.30. The highest BCUT2D eigenvalue weighted by atomic mass is 16.5. The van der Waals surface area contributed by atoms with E-state index >= 15 is 0 Å². The Morgan fingerprint density at radius 2 is 1.86 bits per heavy atom. The van der Waals surface area contributed by atoms with Crippen LogP contribution in [-0.2, 0) is 0 Å². The molecule has 0 saturated heterocycles. The average molecular weight is 289 g/mol. The third kappa shape index (κ3) is 3.52. The van der Waals surface area contributed by atoms with Crippen LogP contribution in [0.3, 0.4) is 0 Å². The number of hydrogen-bond donors (Lipinski definition) is 1. The maximum absolute atomic E-state index is 5.63. The molecule has 0 heterocycles. The summed E-state index contributed by atoms with van der Waals surface area (Å²) in [5, 5.41) is 3.72. The van der Waals surface area contributed by atoms with Gasteiger partial charge in [-0.1, -0.05) is 18.9 Å². The zero-order chi connectivity index (χ0) is 14.7. The minimum atomic E-state index is 0.617. The number of benzene rings is 1. The molecule has 2 atom stereocenters. The van der Waals surface area contributed by atoms with E-state index in [1.54, 1.807) is 14.2 Å². The molecule has 3 rings (SSSR count). The van der Waals surface area contributed by atoms with Gasteiger partial charge in [-0.05, 0) is 55.7 Å². The zero-order valence-corrected chi connectivity index (χ0v) is 13.2. The summed E-state index contributed by atoms with van der Waals surface area (Å²) >= 11 is 0. The Bertz CT molecular complexity index is 470. The van der Waals surface area contributed by atoms with Gasteiger partial charge in [-0.3, -0.25) is 0 Å². The highest BCUT2D eigenvalue weighted by Crippen LogP contribution is 2.42. The molecule has 2 unspecified atom stereocenters. The Hall–Kier alpha value is -1.22. The number of hydrogen-bond acceptors (Lipinski definition) is 3. The van der Waals surface area contributed by atoms with Crippen molar-refractivity contribution in [3.05, 3.63) is 23.8 Å². The van der Waals surface area contributed by atoms with Crippen molar-refractivity contribution < 1.29 is 9.47 Å². The quantitative estimate of drug-likeness (QED) is 0.865. The third-order valence-electron chi connectivity index (χ3n) is 5.00. The van der Waals surface area contributed by atoms with Crippen molar-refractivity contribution in [3.63, 3.8) is 0 Å². The van der Waals surface area contributed by atoms with Crippen molar-refractivity contribution in [3.8, 4) is 11.5 Å². The average Bonchev–Trinajstić information content (AvgIpc) is 3.37. The number of methoxy groups -OCH3 is 2. The third-order valence-corrected chi connectivity index (χ3v) is 5.00. The fourth-order valence-electron chi connectivity index (χ4n) is 3.59. The van der Waals surface area contributed by atoms with Gasteiger partial charge >= 0.3 is 0 Å². The van der Waals surface area contributed by atoms with Crippen molar-refractivity contribution in [2.45, 2.75) is 50.5 Å². The molecule has 0 radical (unpaired) electrons. The largest absolute Gasteiger partial charge is 0.497 e. The first kappa shape index (κ1) is 14.7. The first-order valence-corrected chi connectivity index (χ1v) is 8.27. The molecular weight excluding hydrogens is 262 g/mol. The maximum atomic E-state index is 5.63. The van der Waals surface area contributed by atoms with Crippen LogP contribution < -0.4 is 14.8 Å². The predicted octanol–water partition coefficient (Wildman–Crippen LogP) is 3.73. The lowest BCUT2D eigenvalue weighted by Gasteiger charge is -2.33. The van der Waals surface area contributed by atoms with Gasteiger partial charge in [0.15, 0.2) is 0 Å². The molecule has 0 aliphatic heterocycles. The van der Waals surface area contributed by atoms with Crippen LogP contribution in [0.5, 0.6) is 11.5 Å². The molecule has 0 bridgehead atoms. The molecule has 2 saturated carbocycles. The standard InChI is InChI=1S/C18H27NO2/c1-20-15-9-10-17(18(11-15)21-2)16-6-4-3-5-13(16)12-19-14-7-8-14/h9-11,13-14,16,19H,3-8,12H2,1-2H3. The molecule has 116 valence electrons. The van der Waals surface area contributed by atoms with Crippen LogP contribution >= 0.6 is 0 Å². The summed E-state index contributed by atoms with van der Waals surface area (Å²) in [5.74, 6) is 3.21. The minimum absolute atomic E-state index is 0.617. The fourth-order valence-corrected chi connectivity index (χ4v) is 3.59. The zero-order valence-electron chi connectivity index (χ0n) is 13.2. The second kappa shape index (κ2) is 6.69. The highest BCUT2D eigenvalue weighted by molar-refractivity contribution is 5.43. The lowest BCUT2D eigenvalue weighted by Crippen LogP contribution is -2.31. The summed E-state index contributed by atoms with van der Waals surface area (Å²) in [5.41, 5.74) is 1.36. The fraction of sp³-hybridized carbons (Fsp3) is 0.667. The van der Waals surface area contributed by atoms with Gasteiger partial charge in [-0.2, -0.15) is 0 Å². The second-order valence-corrected chi connectivity index (χ2v) is 6.44. The first-order chi connectivity index (χ1) is 10.3. The summed E-state index contributed by atoms with van der Waals surface area (Å²) in [7, 11) is 3.47. The summed E-state index contributed by atoms with van der Waals surface area (Å²) in [6, 6.07) is 7.09. The molecule has 2 fully saturated rings. The monoisotopic (exact) mass is 289 g/mol. The van der Waals surface area contributed by atoms with Crippen LogP contribution in [0.4, 0.5) is 0 Å². The van der Waals surface area contributed by atoms with Crippen LogP contribution in [0.25, 0.3) is 0 Å². The van der Waals surface area contributed by atoms with E-state index in [0.717, 1.165) is 30.0 Å². The number of nitrogens with one attached hydrogen (secondary N) is 1. The van der Waals surface area contributed by atoms with Gasteiger partial charge in [-0.15, -0.1) is 0 Å². The Morgan fingerprint density at radius 1 is 1.05 bits per heavy atom. The van der Waals surface area contributed by atoms with Gasteiger partial charge in [0.05, 0.1) is 14.2 Å². The molecule has 2 aliphatic rings. The molecule has 1 aromatic rings. The molecular formula is C18H27NO2. The van der Waals surface area contributed by atoms with Crippen LogP contribution in [0.15, 0.2) is 18.2 Å². The summed E-state index contributed by atoms with van der Waals surface area (Å²) in [4.78, 5) is 0. The van der Waals surface area contributed by atoms with Crippen LogP contribution in [0.2, 0.25) is 0 Å². The van der Waals surface area contributed by atoms with E-state index in [2.05, 4.69) is 17.4 Å². The lowest BCUT2D eigenvalue weighted by molar-refractivity contribution is 0.286. The van der Waals surface area contributed by atoms with E-state index in [1.165, 1.54) is 44.1 Å². The van der Waals surface area contributed by atoms with Crippen LogP contribution in [-0.4, -0.2) is 26.8 Å². The molecule has 21 heavy (non-hydrogen) atoms. The topological polar surface area (TPSA) is 30.5 Å². The van der Waals surface area contributed by atoms with Crippen molar-refractivity contribution in [1.82, 2.24) is 5.32 Å². The summed E-state index contributed by atoms with van der Waals surface area (Å²) < 4.78 is 10.9. The van der Waals surface area contributed by atoms with Gasteiger partial charge in [0, 0.05) is 12.1 Å². The first-order valence-electron chi connectivity index (χ1n) is 8.27. The molecule has 2 aliphatic carbocycles. The van der Waals surface area contributed by atoms with E-state index in [4.69, 9.17) is 9.47 Å². The Kier molecular flexibility index (Phi) is 4.69. The predicted molar refractivity (Wildman–Crippen MR) is 85.3 cm³/mol. The second-order valence-electron chi connectivity index (χ2n) is 6.44. The Balaban J connectivity index is 1.77.